The van der Waals surface area contributed by atoms with E-state index >= 15 is 0 Å². The predicted octanol–water partition coefficient (Wildman–Crippen LogP) is 0.623. The summed E-state index contributed by atoms with van der Waals surface area (Å²) >= 11 is 0. The monoisotopic (exact) mass is 428 g/mol. The van der Waals surface area contributed by atoms with Crippen LogP contribution in [0, 0.1) is 0 Å². The van der Waals surface area contributed by atoms with Crippen molar-refractivity contribution >= 4 is 11.8 Å². The molecule has 3 unspecified atom stereocenters. The van der Waals surface area contributed by atoms with Crippen LogP contribution < -0.4 is 5.73 Å². The number of amides is 2. The van der Waals surface area contributed by atoms with Crippen molar-refractivity contribution in [3.05, 3.63) is 35.4 Å². The van der Waals surface area contributed by atoms with Gasteiger partial charge in [0, 0.05) is 50.4 Å². The van der Waals surface area contributed by atoms with Crippen molar-refractivity contribution in [2.24, 2.45) is 5.73 Å². The maximum Gasteiger partial charge on any atom is 0.253 e. The van der Waals surface area contributed by atoms with Gasteiger partial charge in [0.25, 0.3) is 5.91 Å². The number of fused-ring (bicyclic) bond motifs is 1. The lowest BCUT2D eigenvalue weighted by Gasteiger charge is -2.43. The molecular weight excluding hydrogens is 396 g/mol. The maximum absolute atomic E-state index is 13.0. The minimum absolute atomic E-state index is 0.0225. The molecule has 4 fully saturated rings. The molecule has 4 aliphatic rings. The fraction of sp³-hybridized carbons (Fsp3) is 0.652. The standard InChI is InChI=1S/C23H32N4O4/c1-25-18(6-7-20-19(25)8-13-31-20)16-2-4-17(5-3-16)21(28)26-9-11-27(12-10-26)22(29)23(24)14-30-15-23/h2-5,18-20H,6-15,24H2,1H3. The van der Waals surface area contributed by atoms with Crippen molar-refractivity contribution in [1.29, 1.82) is 0 Å². The molecule has 4 saturated heterocycles. The first-order valence-corrected chi connectivity index (χ1v) is 11.3. The number of likely N-dealkylation sites (tertiary alicyclic amines) is 1. The van der Waals surface area contributed by atoms with Crippen LogP contribution in [0.15, 0.2) is 24.3 Å². The van der Waals surface area contributed by atoms with Gasteiger partial charge in [0.1, 0.15) is 5.54 Å². The Balaban J connectivity index is 1.19. The summed E-state index contributed by atoms with van der Waals surface area (Å²) in [5.74, 6) is -0.0453. The Kier molecular flexibility index (Phi) is 5.50. The maximum atomic E-state index is 13.0. The van der Waals surface area contributed by atoms with Crippen LogP contribution in [0.4, 0.5) is 0 Å². The van der Waals surface area contributed by atoms with Gasteiger partial charge in [0.15, 0.2) is 0 Å². The van der Waals surface area contributed by atoms with Gasteiger partial charge in [-0.1, -0.05) is 12.1 Å². The highest BCUT2D eigenvalue weighted by atomic mass is 16.5. The summed E-state index contributed by atoms with van der Waals surface area (Å²) in [5, 5.41) is 0. The summed E-state index contributed by atoms with van der Waals surface area (Å²) in [6.07, 6.45) is 3.65. The van der Waals surface area contributed by atoms with E-state index in [0.717, 1.165) is 25.9 Å². The number of rotatable bonds is 3. The van der Waals surface area contributed by atoms with Crippen LogP contribution in [0.5, 0.6) is 0 Å². The SMILES string of the molecule is CN1C(c2ccc(C(=O)N3CCN(C(=O)C4(N)COC4)CC3)cc2)CCC2OCCC21. The van der Waals surface area contributed by atoms with E-state index in [1.807, 2.05) is 17.0 Å². The van der Waals surface area contributed by atoms with Crippen LogP contribution in [-0.4, -0.2) is 97.2 Å². The van der Waals surface area contributed by atoms with Crippen molar-refractivity contribution < 1.29 is 19.1 Å². The van der Waals surface area contributed by atoms with Crippen LogP contribution >= 0.6 is 0 Å². The number of carbonyl (C=O) groups is 2. The third-order valence-corrected chi connectivity index (χ3v) is 7.46. The number of piperidine rings is 1. The van der Waals surface area contributed by atoms with E-state index in [1.54, 1.807) is 4.90 Å². The average molecular weight is 429 g/mol. The van der Waals surface area contributed by atoms with E-state index in [9.17, 15) is 9.59 Å². The number of nitrogens with zero attached hydrogens (tertiary/aromatic N) is 3. The van der Waals surface area contributed by atoms with Crippen molar-refractivity contribution in [3.8, 4) is 0 Å². The normalized spacial score (nSPS) is 30.6. The molecule has 0 bridgehead atoms. The Morgan fingerprint density at radius 3 is 2.32 bits per heavy atom. The van der Waals surface area contributed by atoms with Gasteiger partial charge in [-0.3, -0.25) is 14.5 Å². The first-order valence-electron chi connectivity index (χ1n) is 11.3. The van der Waals surface area contributed by atoms with Crippen LogP contribution in [0.1, 0.15) is 41.2 Å². The topological polar surface area (TPSA) is 88.3 Å². The lowest BCUT2D eigenvalue weighted by molar-refractivity contribution is -0.155. The lowest BCUT2D eigenvalue weighted by Crippen LogP contribution is -2.68. The van der Waals surface area contributed by atoms with Crippen molar-refractivity contribution in [1.82, 2.24) is 14.7 Å². The van der Waals surface area contributed by atoms with Crippen LogP contribution in [0.3, 0.4) is 0 Å². The minimum atomic E-state index is -0.876. The summed E-state index contributed by atoms with van der Waals surface area (Å²) in [4.78, 5) is 31.6. The van der Waals surface area contributed by atoms with E-state index in [1.165, 1.54) is 5.56 Å². The Labute approximate surface area is 183 Å². The molecule has 0 spiro atoms. The Morgan fingerprint density at radius 1 is 1.00 bits per heavy atom. The molecule has 4 aliphatic heterocycles. The van der Waals surface area contributed by atoms with E-state index < -0.39 is 5.54 Å². The van der Waals surface area contributed by atoms with Crippen molar-refractivity contribution in [3.63, 3.8) is 0 Å². The molecule has 2 N–H and O–H groups in total. The number of ether oxygens (including phenoxy) is 2. The Morgan fingerprint density at radius 2 is 1.68 bits per heavy atom. The molecule has 3 atom stereocenters. The average Bonchev–Trinajstić information content (AvgIpc) is 3.27. The number of benzene rings is 1. The quantitative estimate of drug-likeness (QED) is 0.760. The van der Waals surface area contributed by atoms with Gasteiger partial charge >= 0.3 is 0 Å². The fourth-order valence-electron chi connectivity index (χ4n) is 5.44. The number of piperazine rings is 1. The predicted molar refractivity (Wildman–Crippen MR) is 115 cm³/mol. The highest BCUT2D eigenvalue weighted by molar-refractivity contribution is 5.94. The molecule has 2 amide bonds. The molecule has 4 heterocycles. The number of carbonyl (C=O) groups excluding carboxylic acids is 2. The molecule has 8 heteroatoms. The molecular formula is C23H32N4O4. The first-order chi connectivity index (χ1) is 15.0. The summed E-state index contributed by atoms with van der Waals surface area (Å²) in [6.45, 7) is 3.50. The number of nitrogens with two attached hydrogens (primary N) is 1. The number of likely N-dealkylation sites (N-methyl/N-ethyl adjacent to an activating group) is 1. The molecule has 8 nitrogen and oxygen atoms in total. The van der Waals surface area contributed by atoms with Crippen LogP contribution in [0.2, 0.25) is 0 Å². The molecule has 1 aromatic carbocycles. The Bertz CT molecular complexity index is 832. The molecule has 5 rings (SSSR count). The van der Waals surface area contributed by atoms with Crippen molar-refractivity contribution in [2.45, 2.75) is 43.0 Å². The molecule has 0 aromatic heterocycles. The van der Waals surface area contributed by atoms with Crippen molar-refractivity contribution in [2.75, 3.05) is 53.0 Å². The smallest absolute Gasteiger partial charge is 0.253 e. The summed E-state index contributed by atoms with van der Waals surface area (Å²) < 4.78 is 11.0. The van der Waals surface area contributed by atoms with E-state index in [0.29, 0.717) is 49.9 Å². The molecule has 1 aromatic rings. The highest BCUT2D eigenvalue weighted by Gasteiger charge is 2.45. The molecule has 0 saturated carbocycles. The lowest BCUT2D eigenvalue weighted by atomic mass is 9.89. The van der Waals surface area contributed by atoms with Gasteiger partial charge in [-0.05, 0) is 44.0 Å². The van der Waals surface area contributed by atoms with Gasteiger partial charge in [-0.25, -0.2) is 0 Å². The first kappa shape index (κ1) is 20.9. The van der Waals surface area contributed by atoms with Gasteiger partial charge in [-0.15, -0.1) is 0 Å². The van der Waals surface area contributed by atoms with Crippen LogP contribution in [0.25, 0.3) is 0 Å². The summed E-state index contributed by atoms with van der Waals surface area (Å²) in [5.41, 5.74) is 7.15. The van der Waals surface area contributed by atoms with Gasteiger partial charge in [-0.2, -0.15) is 0 Å². The van der Waals surface area contributed by atoms with Gasteiger partial charge in [0.2, 0.25) is 5.91 Å². The minimum Gasteiger partial charge on any atom is -0.377 e. The second-order valence-corrected chi connectivity index (χ2v) is 9.38. The highest BCUT2D eigenvalue weighted by Crippen LogP contribution is 2.38. The zero-order chi connectivity index (χ0) is 21.6. The van der Waals surface area contributed by atoms with E-state index in [-0.39, 0.29) is 25.0 Å². The molecule has 168 valence electrons. The molecule has 31 heavy (non-hydrogen) atoms. The fourth-order valence-corrected chi connectivity index (χ4v) is 5.44. The summed E-state index contributed by atoms with van der Waals surface area (Å²) in [6, 6.07) is 8.96. The zero-order valence-corrected chi connectivity index (χ0v) is 18.2. The Hall–Kier alpha value is -2.00. The third-order valence-electron chi connectivity index (χ3n) is 7.46. The van der Waals surface area contributed by atoms with Gasteiger partial charge < -0.3 is 25.0 Å². The molecule has 0 radical (unpaired) electrons. The summed E-state index contributed by atoms with van der Waals surface area (Å²) in [7, 11) is 2.19. The van der Waals surface area contributed by atoms with E-state index in [2.05, 4.69) is 24.1 Å². The molecule has 0 aliphatic carbocycles. The number of hydrogen-bond acceptors (Lipinski definition) is 6. The van der Waals surface area contributed by atoms with E-state index in [4.69, 9.17) is 15.2 Å². The second kappa shape index (κ2) is 8.16. The largest absolute Gasteiger partial charge is 0.377 e. The zero-order valence-electron chi connectivity index (χ0n) is 18.2. The second-order valence-electron chi connectivity index (χ2n) is 9.38. The van der Waals surface area contributed by atoms with Gasteiger partial charge in [0.05, 0.1) is 19.3 Å². The van der Waals surface area contributed by atoms with Crippen LogP contribution in [-0.2, 0) is 14.3 Å². The number of hydrogen-bond donors (Lipinski definition) is 1. The third kappa shape index (κ3) is 3.75.